The van der Waals surface area contributed by atoms with Gasteiger partial charge in [0.15, 0.2) is 0 Å². The van der Waals surface area contributed by atoms with E-state index in [1.165, 1.54) is 19.3 Å². The lowest BCUT2D eigenvalue weighted by Gasteiger charge is -2.32. The largest absolute Gasteiger partial charge is 0.396 e. The summed E-state index contributed by atoms with van der Waals surface area (Å²) >= 11 is 0. The Balaban J connectivity index is 2.13. The van der Waals surface area contributed by atoms with Crippen LogP contribution in [0.15, 0.2) is 12.7 Å². The molecule has 0 spiro atoms. The molecule has 1 N–H and O–H groups in total. The van der Waals surface area contributed by atoms with Gasteiger partial charge in [-0.1, -0.05) is 19.4 Å². The maximum absolute atomic E-state index is 9.23. The Hall–Kier alpha value is -0.300. The summed E-state index contributed by atoms with van der Waals surface area (Å²) in [6.07, 6.45) is 6.01. The van der Waals surface area contributed by atoms with E-state index in [1.807, 2.05) is 0 Å². The lowest BCUT2D eigenvalue weighted by Crippen LogP contribution is -2.28. The summed E-state index contributed by atoms with van der Waals surface area (Å²) in [5, 5.41) is 9.23. The minimum absolute atomic E-state index is 0.404. The summed E-state index contributed by atoms with van der Waals surface area (Å²) in [4.78, 5) is 0. The van der Waals surface area contributed by atoms with Gasteiger partial charge in [0.05, 0.1) is 0 Å². The van der Waals surface area contributed by atoms with Crippen LogP contribution in [0.5, 0.6) is 0 Å². The number of hydrogen-bond donors (Lipinski definition) is 1. The Bertz CT molecular complexity index is 199. The number of aliphatic hydroxyl groups is 1. The smallest absolute Gasteiger partial charge is 0.0462 e. The van der Waals surface area contributed by atoms with E-state index in [1.54, 1.807) is 0 Å². The molecule has 1 heteroatoms. The highest BCUT2D eigenvalue weighted by molar-refractivity contribution is 5.05. The van der Waals surface area contributed by atoms with Crippen LogP contribution in [0.1, 0.15) is 26.2 Å². The van der Waals surface area contributed by atoms with Crippen molar-refractivity contribution in [1.82, 2.24) is 0 Å². The van der Waals surface area contributed by atoms with Crippen molar-refractivity contribution in [3.63, 3.8) is 0 Å². The van der Waals surface area contributed by atoms with Crippen molar-refractivity contribution >= 4 is 0 Å². The fraction of sp³-hybridized carbons (Fsp3) is 0.833. The molecule has 2 rings (SSSR count). The summed E-state index contributed by atoms with van der Waals surface area (Å²) in [5.41, 5.74) is 0. The Morgan fingerprint density at radius 3 is 2.77 bits per heavy atom. The van der Waals surface area contributed by atoms with Crippen LogP contribution in [0.4, 0.5) is 0 Å². The summed E-state index contributed by atoms with van der Waals surface area (Å²) < 4.78 is 0. The third kappa shape index (κ3) is 1.25. The number of hydrogen-bond acceptors (Lipinski definition) is 1. The number of aliphatic hydroxyl groups excluding tert-OH is 1. The molecule has 0 saturated heterocycles. The van der Waals surface area contributed by atoms with E-state index in [-0.39, 0.29) is 0 Å². The first-order valence-corrected chi connectivity index (χ1v) is 5.55. The van der Waals surface area contributed by atoms with Gasteiger partial charge in [-0.3, -0.25) is 0 Å². The Morgan fingerprint density at radius 2 is 2.23 bits per heavy atom. The molecule has 0 aromatic rings. The van der Waals surface area contributed by atoms with E-state index in [0.717, 1.165) is 23.7 Å². The van der Waals surface area contributed by atoms with Gasteiger partial charge in [-0.05, 0) is 42.4 Å². The van der Waals surface area contributed by atoms with E-state index in [4.69, 9.17) is 0 Å². The second-order valence-corrected chi connectivity index (χ2v) is 4.72. The van der Waals surface area contributed by atoms with Crippen LogP contribution in [0, 0.1) is 29.6 Å². The zero-order chi connectivity index (χ0) is 9.42. The first-order chi connectivity index (χ1) is 6.31. The lowest BCUT2D eigenvalue weighted by atomic mass is 9.73. The second-order valence-electron chi connectivity index (χ2n) is 4.72. The van der Waals surface area contributed by atoms with Gasteiger partial charge in [-0.15, -0.1) is 6.58 Å². The van der Waals surface area contributed by atoms with Crippen molar-refractivity contribution in [3.05, 3.63) is 12.7 Å². The molecule has 0 radical (unpaired) electrons. The topological polar surface area (TPSA) is 20.2 Å². The molecule has 0 aromatic heterocycles. The van der Waals surface area contributed by atoms with Crippen molar-refractivity contribution in [1.29, 1.82) is 0 Å². The first-order valence-electron chi connectivity index (χ1n) is 5.55. The monoisotopic (exact) mass is 180 g/mol. The molecule has 0 amide bonds. The van der Waals surface area contributed by atoms with E-state index in [2.05, 4.69) is 19.6 Å². The van der Waals surface area contributed by atoms with Crippen LogP contribution < -0.4 is 0 Å². The molecule has 2 fully saturated rings. The predicted molar refractivity (Wildman–Crippen MR) is 54.3 cm³/mol. The third-order valence-electron chi connectivity index (χ3n) is 4.35. The highest BCUT2D eigenvalue weighted by Gasteiger charge is 2.49. The molecule has 0 aliphatic heterocycles. The molecule has 5 atom stereocenters. The highest BCUT2D eigenvalue weighted by atomic mass is 16.3. The van der Waals surface area contributed by atoms with Gasteiger partial charge in [0.25, 0.3) is 0 Å². The van der Waals surface area contributed by atoms with Crippen molar-refractivity contribution < 1.29 is 5.11 Å². The van der Waals surface area contributed by atoms with Gasteiger partial charge in [0.2, 0.25) is 0 Å². The maximum atomic E-state index is 9.23. The minimum Gasteiger partial charge on any atom is -0.396 e. The van der Waals surface area contributed by atoms with Gasteiger partial charge in [-0.2, -0.15) is 0 Å². The molecule has 2 bridgehead atoms. The fourth-order valence-corrected chi connectivity index (χ4v) is 3.83. The number of fused-ring (bicyclic) bond motifs is 2. The predicted octanol–water partition coefficient (Wildman–Crippen LogP) is 2.46. The van der Waals surface area contributed by atoms with Crippen LogP contribution in [0.25, 0.3) is 0 Å². The first kappa shape index (κ1) is 9.26. The molecule has 74 valence electrons. The van der Waals surface area contributed by atoms with Crippen LogP contribution in [0.2, 0.25) is 0 Å². The second kappa shape index (κ2) is 3.45. The zero-order valence-electron chi connectivity index (χ0n) is 8.45. The molecule has 2 aliphatic rings. The van der Waals surface area contributed by atoms with Crippen molar-refractivity contribution in [2.45, 2.75) is 26.2 Å². The Morgan fingerprint density at radius 1 is 1.46 bits per heavy atom. The molecule has 13 heavy (non-hydrogen) atoms. The van der Waals surface area contributed by atoms with Crippen LogP contribution in [-0.2, 0) is 0 Å². The average Bonchev–Trinajstić information content (AvgIpc) is 2.72. The Labute approximate surface area is 80.8 Å². The van der Waals surface area contributed by atoms with Crippen molar-refractivity contribution in [2.75, 3.05) is 6.61 Å². The van der Waals surface area contributed by atoms with Gasteiger partial charge >= 0.3 is 0 Å². The number of allylic oxidation sites excluding steroid dienone is 1. The van der Waals surface area contributed by atoms with Gasteiger partial charge < -0.3 is 5.11 Å². The average molecular weight is 180 g/mol. The van der Waals surface area contributed by atoms with Crippen LogP contribution in [-0.4, -0.2) is 11.7 Å². The van der Waals surface area contributed by atoms with E-state index < -0.39 is 0 Å². The highest BCUT2D eigenvalue weighted by Crippen LogP contribution is 2.56. The van der Waals surface area contributed by atoms with Crippen LogP contribution >= 0.6 is 0 Å². The normalized spacial score (nSPS) is 48.3. The molecule has 5 unspecified atom stereocenters. The Kier molecular flexibility index (Phi) is 2.46. The van der Waals surface area contributed by atoms with Gasteiger partial charge in [-0.25, -0.2) is 0 Å². The van der Waals surface area contributed by atoms with E-state index in [9.17, 15) is 5.11 Å². The van der Waals surface area contributed by atoms with Gasteiger partial charge in [0.1, 0.15) is 0 Å². The molecule has 1 nitrogen and oxygen atoms in total. The molecular weight excluding hydrogens is 160 g/mol. The van der Waals surface area contributed by atoms with Crippen LogP contribution in [0.3, 0.4) is 0 Å². The van der Waals surface area contributed by atoms with Gasteiger partial charge in [0, 0.05) is 6.61 Å². The summed E-state index contributed by atoms with van der Waals surface area (Å²) in [7, 11) is 0. The molecular formula is C12H20O. The molecule has 2 saturated carbocycles. The van der Waals surface area contributed by atoms with E-state index in [0.29, 0.717) is 12.5 Å². The van der Waals surface area contributed by atoms with Crippen molar-refractivity contribution in [2.24, 2.45) is 29.6 Å². The van der Waals surface area contributed by atoms with Crippen molar-refractivity contribution in [3.8, 4) is 0 Å². The lowest BCUT2D eigenvalue weighted by molar-refractivity contribution is 0.119. The zero-order valence-corrected chi connectivity index (χ0v) is 8.45. The number of rotatable bonds is 3. The minimum atomic E-state index is 0.404. The molecule has 0 aromatic carbocycles. The fourth-order valence-electron chi connectivity index (χ4n) is 3.83. The summed E-state index contributed by atoms with van der Waals surface area (Å²) in [6.45, 7) is 6.63. The summed E-state index contributed by atoms with van der Waals surface area (Å²) in [5.74, 6) is 3.80. The van der Waals surface area contributed by atoms with E-state index >= 15 is 0 Å². The quantitative estimate of drug-likeness (QED) is 0.661. The SMILES string of the molecule is C=CC1C2CC(CO)C(C2)C1CC. The summed E-state index contributed by atoms with van der Waals surface area (Å²) in [6, 6.07) is 0. The molecule has 2 aliphatic carbocycles. The maximum Gasteiger partial charge on any atom is 0.0462 e. The third-order valence-corrected chi connectivity index (χ3v) is 4.35. The standard InChI is InChI=1S/C12H20O/c1-3-10-8-5-9(7-13)12(6-8)11(10)4-2/h3,8-13H,1,4-7H2,2H3. The molecule has 0 heterocycles.